The first-order valence-electron chi connectivity index (χ1n) is 10.1. The summed E-state index contributed by atoms with van der Waals surface area (Å²) in [6.07, 6.45) is 1.40. The lowest BCUT2D eigenvalue weighted by molar-refractivity contribution is -0.136. The van der Waals surface area contributed by atoms with Crippen molar-refractivity contribution in [2.75, 3.05) is 5.32 Å². The van der Waals surface area contributed by atoms with E-state index < -0.39 is 11.8 Å². The van der Waals surface area contributed by atoms with Gasteiger partial charge in [0.2, 0.25) is 5.13 Å². The molecule has 0 fully saturated rings. The van der Waals surface area contributed by atoms with Crippen molar-refractivity contribution in [1.29, 1.82) is 0 Å². The van der Waals surface area contributed by atoms with Crippen molar-refractivity contribution in [1.82, 2.24) is 15.6 Å². The van der Waals surface area contributed by atoms with Crippen LogP contribution in [0.2, 0.25) is 5.02 Å². The first-order chi connectivity index (χ1) is 16.6. The summed E-state index contributed by atoms with van der Waals surface area (Å²) in [6, 6.07) is 23.9. The second kappa shape index (κ2) is 11.2. The van der Waals surface area contributed by atoms with E-state index in [0.717, 1.165) is 22.5 Å². The number of anilines is 1. The van der Waals surface area contributed by atoms with Crippen LogP contribution in [-0.2, 0) is 16.2 Å². The topological polar surface area (TPSA) is 106 Å². The summed E-state index contributed by atoms with van der Waals surface area (Å²) in [6.45, 7) is 0.337. The Morgan fingerprint density at radius 2 is 1.68 bits per heavy atom. The van der Waals surface area contributed by atoms with Crippen molar-refractivity contribution >= 4 is 46.1 Å². The summed E-state index contributed by atoms with van der Waals surface area (Å²) >= 11 is 7.07. The normalized spacial score (nSPS) is 10.7. The molecule has 0 atom stereocenters. The van der Waals surface area contributed by atoms with Gasteiger partial charge in [0.05, 0.1) is 6.21 Å². The molecule has 34 heavy (non-hydrogen) atoms. The first-order valence-corrected chi connectivity index (χ1v) is 11.3. The number of amides is 2. The summed E-state index contributed by atoms with van der Waals surface area (Å²) in [4.78, 5) is 24.3. The van der Waals surface area contributed by atoms with Crippen LogP contribution in [0.3, 0.4) is 0 Å². The van der Waals surface area contributed by atoms with Crippen LogP contribution in [0.25, 0.3) is 10.6 Å². The van der Waals surface area contributed by atoms with Gasteiger partial charge in [0.15, 0.2) is 0 Å². The van der Waals surface area contributed by atoms with E-state index in [1.54, 1.807) is 24.3 Å². The third-order valence-corrected chi connectivity index (χ3v) is 5.61. The molecule has 1 aromatic heterocycles. The average molecular weight is 492 g/mol. The lowest BCUT2D eigenvalue weighted by atomic mass is 10.2. The molecule has 0 radical (unpaired) electrons. The van der Waals surface area contributed by atoms with Crippen LogP contribution < -0.4 is 15.5 Å². The third kappa shape index (κ3) is 6.25. The molecule has 0 saturated carbocycles. The summed E-state index contributed by atoms with van der Waals surface area (Å²) in [5.74, 6) is -1.27. The zero-order valence-electron chi connectivity index (χ0n) is 17.6. The summed E-state index contributed by atoms with van der Waals surface area (Å²) in [5, 5.41) is 15.7. The van der Waals surface area contributed by atoms with E-state index >= 15 is 0 Å². The number of hydrazone groups is 1. The predicted octanol–water partition coefficient (Wildman–Crippen LogP) is 4.53. The molecule has 1 heterocycles. The molecule has 8 nitrogen and oxygen atoms in total. The Hall–Kier alpha value is -4.08. The highest BCUT2D eigenvalue weighted by Gasteiger charge is 2.16. The Morgan fingerprint density at radius 1 is 0.941 bits per heavy atom. The third-order valence-electron chi connectivity index (χ3n) is 4.47. The number of halogens is 1. The molecular formula is C24H18ClN5O3S. The van der Waals surface area contributed by atoms with Gasteiger partial charge in [-0.05, 0) is 29.8 Å². The molecule has 4 aromatic rings. The predicted molar refractivity (Wildman–Crippen MR) is 132 cm³/mol. The number of hydrogen-bond donors (Lipinski definition) is 2. The van der Waals surface area contributed by atoms with Crippen molar-refractivity contribution in [2.24, 2.45) is 5.10 Å². The van der Waals surface area contributed by atoms with Gasteiger partial charge in [0, 0.05) is 16.1 Å². The highest BCUT2D eigenvalue weighted by molar-refractivity contribution is 7.18. The molecular weight excluding hydrogens is 474 g/mol. The van der Waals surface area contributed by atoms with E-state index in [1.165, 1.54) is 6.21 Å². The molecule has 2 amide bonds. The minimum absolute atomic E-state index is 0.212. The Morgan fingerprint density at radius 3 is 2.47 bits per heavy atom. The smallest absolute Gasteiger partial charge is 0.329 e. The van der Waals surface area contributed by atoms with Crippen LogP contribution >= 0.6 is 22.9 Å². The van der Waals surface area contributed by atoms with Crippen LogP contribution in [-0.4, -0.2) is 28.2 Å². The van der Waals surface area contributed by atoms with Gasteiger partial charge in [-0.25, -0.2) is 5.43 Å². The van der Waals surface area contributed by atoms with Crippen molar-refractivity contribution in [3.63, 3.8) is 0 Å². The van der Waals surface area contributed by atoms with Crippen molar-refractivity contribution in [2.45, 2.75) is 6.61 Å². The van der Waals surface area contributed by atoms with Gasteiger partial charge in [-0.1, -0.05) is 77.5 Å². The van der Waals surface area contributed by atoms with Crippen LogP contribution in [0.5, 0.6) is 5.75 Å². The van der Waals surface area contributed by atoms with Gasteiger partial charge < -0.3 is 4.74 Å². The standard InChI is InChI=1S/C24H18ClN5O3S/c25-19-12-10-16(11-13-19)15-33-20-9-5-4-8-18(20)14-26-28-22(32)21(31)27-24-30-29-23(34-24)17-6-2-1-3-7-17/h1-14H,15H2,(H,28,32)(H,27,30,31). The number of benzene rings is 3. The lowest BCUT2D eigenvalue weighted by Gasteiger charge is -2.09. The number of carbonyl (C=O) groups is 2. The van der Waals surface area contributed by atoms with E-state index in [2.05, 4.69) is 26.0 Å². The number of hydrogen-bond acceptors (Lipinski definition) is 7. The van der Waals surface area contributed by atoms with Crippen LogP contribution in [0.4, 0.5) is 5.13 Å². The van der Waals surface area contributed by atoms with E-state index in [-0.39, 0.29) is 5.13 Å². The van der Waals surface area contributed by atoms with E-state index in [9.17, 15) is 9.59 Å². The Kier molecular flexibility index (Phi) is 7.59. The van der Waals surface area contributed by atoms with E-state index in [1.807, 2.05) is 54.6 Å². The fourth-order valence-corrected chi connectivity index (χ4v) is 3.67. The van der Waals surface area contributed by atoms with Gasteiger partial charge in [-0.2, -0.15) is 5.10 Å². The van der Waals surface area contributed by atoms with Gasteiger partial charge in [0.25, 0.3) is 0 Å². The van der Waals surface area contributed by atoms with Crippen LogP contribution in [0.15, 0.2) is 84.0 Å². The monoisotopic (exact) mass is 491 g/mol. The lowest BCUT2D eigenvalue weighted by Crippen LogP contribution is -2.32. The molecule has 170 valence electrons. The molecule has 0 bridgehead atoms. The zero-order valence-corrected chi connectivity index (χ0v) is 19.2. The SMILES string of the molecule is O=C(NN=Cc1ccccc1OCc1ccc(Cl)cc1)C(=O)Nc1nnc(-c2ccccc2)s1. The van der Waals surface area contributed by atoms with Crippen LogP contribution in [0, 0.1) is 0 Å². The van der Waals surface area contributed by atoms with Crippen molar-refractivity contribution in [3.8, 4) is 16.3 Å². The largest absolute Gasteiger partial charge is 0.488 e. The second-order valence-electron chi connectivity index (χ2n) is 6.88. The summed E-state index contributed by atoms with van der Waals surface area (Å²) in [5.41, 5.74) is 4.65. The molecule has 3 aromatic carbocycles. The Bertz CT molecular complexity index is 1310. The molecule has 0 aliphatic rings. The molecule has 0 saturated heterocycles. The molecule has 10 heteroatoms. The molecule has 4 rings (SSSR count). The molecule has 0 aliphatic carbocycles. The van der Waals surface area contributed by atoms with Gasteiger partial charge in [-0.15, -0.1) is 10.2 Å². The van der Waals surface area contributed by atoms with Crippen molar-refractivity contribution in [3.05, 3.63) is 95.0 Å². The van der Waals surface area contributed by atoms with Gasteiger partial charge in [-0.3, -0.25) is 14.9 Å². The van der Waals surface area contributed by atoms with Crippen LogP contribution in [0.1, 0.15) is 11.1 Å². The number of ether oxygens (including phenoxy) is 1. The Labute approximate surface area is 204 Å². The van der Waals surface area contributed by atoms with Crippen molar-refractivity contribution < 1.29 is 14.3 Å². The first kappa shape index (κ1) is 23.1. The maximum atomic E-state index is 12.2. The highest BCUT2D eigenvalue weighted by Crippen LogP contribution is 2.25. The number of rotatable bonds is 7. The van der Waals surface area contributed by atoms with Gasteiger partial charge in [0.1, 0.15) is 17.4 Å². The van der Waals surface area contributed by atoms with E-state index in [0.29, 0.717) is 28.0 Å². The number of aromatic nitrogens is 2. The Balaban J connectivity index is 1.32. The quantitative estimate of drug-likeness (QED) is 0.224. The minimum Gasteiger partial charge on any atom is -0.488 e. The molecule has 2 N–H and O–H groups in total. The number of nitrogens with one attached hydrogen (secondary N) is 2. The minimum atomic E-state index is -0.938. The maximum Gasteiger partial charge on any atom is 0.329 e. The fraction of sp³-hybridized carbons (Fsp3) is 0.0417. The fourth-order valence-electron chi connectivity index (χ4n) is 2.80. The summed E-state index contributed by atoms with van der Waals surface area (Å²) < 4.78 is 5.85. The second-order valence-corrected chi connectivity index (χ2v) is 8.30. The summed E-state index contributed by atoms with van der Waals surface area (Å²) in [7, 11) is 0. The van der Waals surface area contributed by atoms with E-state index in [4.69, 9.17) is 16.3 Å². The average Bonchev–Trinajstić information content (AvgIpc) is 3.33. The number of carbonyl (C=O) groups excluding carboxylic acids is 2. The molecule has 0 spiro atoms. The zero-order chi connectivity index (χ0) is 23.8. The maximum absolute atomic E-state index is 12.2. The number of para-hydroxylation sites is 1. The van der Waals surface area contributed by atoms with Gasteiger partial charge >= 0.3 is 11.8 Å². The highest BCUT2D eigenvalue weighted by atomic mass is 35.5. The molecule has 0 aliphatic heterocycles. The molecule has 0 unspecified atom stereocenters. The number of nitrogens with zero attached hydrogens (tertiary/aromatic N) is 3.